The Morgan fingerprint density at radius 3 is 2.50 bits per heavy atom. The van der Waals surface area contributed by atoms with E-state index in [1.807, 2.05) is 13.8 Å². The maximum absolute atomic E-state index is 12.7. The number of aromatic nitrogens is 4. The van der Waals surface area contributed by atoms with Gasteiger partial charge in [0.2, 0.25) is 0 Å². The van der Waals surface area contributed by atoms with E-state index in [9.17, 15) is 9.59 Å². The van der Waals surface area contributed by atoms with Crippen LogP contribution in [0.3, 0.4) is 0 Å². The molecule has 2 aromatic heterocycles. The first-order valence-electron chi connectivity index (χ1n) is 8.01. The summed E-state index contributed by atoms with van der Waals surface area (Å²) in [6.07, 6.45) is 2.71. The third kappa shape index (κ3) is 2.11. The fourth-order valence-electron chi connectivity index (χ4n) is 3.36. The summed E-state index contributed by atoms with van der Waals surface area (Å²) in [5.41, 5.74) is 0.576. The number of nitrogens with zero attached hydrogens (tertiary/aromatic N) is 4. The quantitative estimate of drug-likeness (QED) is 0.891. The van der Waals surface area contributed by atoms with Gasteiger partial charge in [-0.2, -0.15) is 0 Å². The molecule has 1 fully saturated rings. The van der Waals surface area contributed by atoms with Gasteiger partial charge in [-0.05, 0) is 32.9 Å². The van der Waals surface area contributed by atoms with Crippen LogP contribution in [0.5, 0.6) is 0 Å². The molecule has 0 amide bonds. The number of imidazole rings is 1. The van der Waals surface area contributed by atoms with Gasteiger partial charge in [-0.3, -0.25) is 13.9 Å². The monoisotopic (exact) mass is 305 g/mol. The Morgan fingerprint density at radius 2 is 1.91 bits per heavy atom. The number of fused-ring (bicyclic) bond motifs is 1. The second-order valence-electron chi connectivity index (χ2n) is 5.80. The molecular formula is C15H23N5O2. The third-order valence-corrected chi connectivity index (χ3v) is 4.55. The minimum atomic E-state index is -0.294. The maximum Gasteiger partial charge on any atom is 0.332 e. The van der Waals surface area contributed by atoms with E-state index in [2.05, 4.69) is 14.9 Å². The van der Waals surface area contributed by atoms with Crippen molar-refractivity contribution in [3.05, 3.63) is 26.7 Å². The second-order valence-corrected chi connectivity index (χ2v) is 5.80. The summed E-state index contributed by atoms with van der Waals surface area (Å²) in [5.74, 6) is 0.895. The molecule has 0 spiro atoms. The van der Waals surface area contributed by atoms with Gasteiger partial charge in [0.25, 0.3) is 5.56 Å². The summed E-state index contributed by atoms with van der Waals surface area (Å²) in [6, 6.07) is 0.275. The number of aryl methyl sites for hydroxylation is 2. The van der Waals surface area contributed by atoms with Crippen molar-refractivity contribution in [3.63, 3.8) is 0 Å². The number of hydrogen-bond donors (Lipinski definition) is 1. The first-order chi connectivity index (χ1) is 10.6. The standard InChI is InChI=1S/C15H23N5O2/c1-4-11-17-13-12(20(11)10-6-8-16-9-7-10)14(21)18(3)15(22)19(13)5-2/h10,16H,4-9H2,1-3H3. The lowest BCUT2D eigenvalue weighted by molar-refractivity contribution is 0.367. The van der Waals surface area contributed by atoms with Crippen LogP contribution in [0, 0.1) is 0 Å². The average molecular weight is 305 g/mol. The third-order valence-electron chi connectivity index (χ3n) is 4.55. The zero-order valence-electron chi connectivity index (χ0n) is 13.4. The summed E-state index contributed by atoms with van der Waals surface area (Å²) >= 11 is 0. The molecule has 0 radical (unpaired) electrons. The minimum absolute atomic E-state index is 0.240. The van der Waals surface area contributed by atoms with Crippen molar-refractivity contribution in [1.29, 1.82) is 0 Å². The van der Waals surface area contributed by atoms with Crippen molar-refractivity contribution >= 4 is 11.2 Å². The topological polar surface area (TPSA) is 73.8 Å². The Labute approximate surface area is 128 Å². The van der Waals surface area contributed by atoms with Gasteiger partial charge < -0.3 is 9.88 Å². The van der Waals surface area contributed by atoms with Crippen molar-refractivity contribution < 1.29 is 0 Å². The first-order valence-corrected chi connectivity index (χ1v) is 8.01. The Hall–Kier alpha value is -1.89. The molecule has 7 heteroatoms. The number of rotatable bonds is 3. The fourth-order valence-corrected chi connectivity index (χ4v) is 3.36. The van der Waals surface area contributed by atoms with E-state index in [-0.39, 0.29) is 17.3 Å². The zero-order chi connectivity index (χ0) is 15.9. The van der Waals surface area contributed by atoms with Gasteiger partial charge in [0, 0.05) is 26.1 Å². The van der Waals surface area contributed by atoms with E-state index in [0.717, 1.165) is 38.2 Å². The van der Waals surface area contributed by atoms with Crippen molar-refractivity contribution in [2.75, 3.05) is 13.1 Å². The van der Waals surface area contributed by atoms with Crippen LogP contribution in [-0.4, -0.2) is 31.8 Å². The minimum Gasteiger partial charge on any atom is -0.319 e. The largest absolute Gasteiger partial charge is 0.332 e. The van der Waals surface area contributed by atoms with Gasteiger partial charge >= 0.3 is 5.69 Å². The SMILES string of the molecule is CCc1nc2c(c(=O)n(C)c(=O)n2CC)n1C1CCNCC1. The molecule has 1 N–H and O–H groups in total. The highest BCUT2D eigenvalue weighted by molar-refractivity contribution is 5.71. The highest BCUT2D eigenvalue weighted by atomic mass is 16.2. The smallest absolute Gasteiger partial charge is 0.319 e. The van der Waals surface area contributed by atoms with Crippen LogP contribution in [-0.2, 0) is 20.0 Å². The Kier molecular flexibility index (Phi) is 3.90. The van der Waals surface area contributed by atoms with Crippen LogP contribution in [0.25, 0.3) is 11.2 Å². The van der Waals surface area contributed by atoms with E-state index in [4.69, 9.17) is 0 Å². The summed E-state index contributed by atoms with van der Waals surface area (Å²) < 4.78 is 4.88. The molecule has 2 aromatic rings. The molecule has 3 heterocycles. The molecule has 0 aromatic carbocycles. The van der Waals surface area contributed by atoms with E-state index in [1.165, 1.54) is 4.57 Å². The van der Waals surface area contributed by atoms with E-state index >= 15 is 0 Å². The molecule has 1 aliphatic rings. The summed E-state index contributed by atoms with van der Waals surface area (Å²) in [6.45, 7) is 6.34. The lowest BCUT2D eigenvalue weighted by atomic mass is 10.1. The molecule has 0 aliphatic carbocycles. The van der Waals surface area contributed by atoms with Crippen molar-refractivity contribution in [3.8, 4) is 0 Å². The Balaban J connectivity index is 2.38. The van der Waals surface area contributed by atoms with Crippen LogP contribution in [0.4, 0.5) is 0 Å². The average Bonchev–Trinajstić information content (AvgIpc) is 2.93. The molecule has 1 aliphatic heterocycles. The predicted molar refractivity (Wildman–Crippen MR) is 85.4 cm³/mol. The number of nitrogens with one attached hydrogen (secondary N) is 1. The van der Waals surface area contributed by atoms with Gasteiger partial charge in [-0.1, -0.05) is 6.92 Å². The Morgan fingerprint density at radius 1 is 1.23 bits per heavy atom. The van der Waals surface area contributed by atoms with E-state index in [1.54, 1.807) is 11.6 Å². The van der Waals surface area contributed by atoms with Crippen LogP contribution in [0.15, 0.2) is 9.59 Å². The molecular weight excluding hydrogens is 282 g/mol. The van der Waals surface area contributed by atoms with E-state index in [0.29, 0.717) is 17.7 Å². The number of piperidine rings is 1. The zero-order valence-corrected chi connectivity index (χ0v) is 13.4. The Bertz CT molecular complexity index is 808. The predicted octanol–water partition coefficient (Wildman–Crippen LogP) is 0.403. The van der Waals surface area contributed by atoms with Crippen LogP contribution in [0.1, 0.15) is 38.6 Å². The van der Waals surface area contributed by atoms with Gasteiger partial charge in [-0.15, -0.1) is 0 Å². The molecule has 0 bridgehead atoms. The molecule has 120 valence electrons. The van der Waals surface area contributed by atoms with Crippen molar-refractivity contribution in [1.82, 2.24) is 24.0 Å². The van der Waals surface area contributed by atoms with Gasteiger partial charge in [0.15, 0.2) is 11.2 Å². The molecule has 0 saturated carbocycles. The normalized spacial score (nSPS) is 16.5. The van der Waals surface area contributed by atoms with Crippen molar-refractivity contribution in [2.24, 2.45) is 7.05 Å². The molecule has 7 nitrogen and oxygen atoms in total. The molecule has 22 heavy (non-hydrogen) atoms. The highest BCUT2D eigenvalue weighted by Gasteiger charge is 2.25. The molecule has 1 saturated heterocycles. The highest BCUT2D eigenvalue weighted by Crippen LogP contribution is 2.25. The van der Waals surface area contributed by atoms with Crippen LogP contribution in [0.2, 0.25) is 0 Å². The number of hydrogen-bond acceptors (Lipinski definition) is 4. The fraction of sp³-hybridized carbons (Fsp3) is 0.667. The second kappa shape index (κ2) is 5.72. The van der Waals surface area contributed by atoms with Crippen LogP contribution >= 0.6 is 0 Å². The lowest BCUT2D eigenvalue weighted by Crippen LogP contribution is -2.39. The van der Waals surface area contributed by atoms with E-state index < -0.39 is 0 Å². The molecule has 3 rings (SSSR count). The van der Waals surface area contributed by atoms with Crippen LogP contribution < -0.4 is 16.6 Å². The molecule has 0 unspecified atom stereocenters. The maximum atomic E-state index is 12.7. The molecule has 0 atom stereocenters. The first kappa shape index (κ1) is 15.0. The lowest BCUT2D eigenvalue weighted by Gasteiger charge is -2.26. The van der Waals surface area contributed by atoms with Gasteiger partial charge in [0.1, 0.15) is 5.82 Å². The summed E-state index contributed by atoms with van der Waals surface area (Å²) in [7, 11) is 1.54. The van der Waals surface area contributed by atoms with Gasteiger partial charge in [-0.25, -0.2) is 9.78 Å². The van der Waals surface area contributed by atoms with Crippen molar-refractivity contribution in [2.45, 2.75) is 45.7 Å². The summed E-state index contributed by atoms with van der Waals surface area (Å²) in [4.78, 5) is 29.6. The summed E-state index contributed by atoms with van der Waals surface area (Å²) in [5, 5.41) is 3.35. The van der Waals surface area contributed by atoms with Gasteiger partial charge in [0.05, 0.1) is 0 Å².